The van der Waals surface area contributed by atoms with Crippen LogP contribution in [0, 0.1) is 23.5 Å². The van der Waals surface area contributed by atoms with Crippen LogP contribution in [0.5, 0.6) is 5.75 Å². The lowest BCUT2D eigenvalue weighted by molar-refractivity contribution is -0.145. The Bertz CT molecular complexity index is 3950. The number of para-hydroxylation sites is 1. The van der Waals surface area contributed by atoms with Gasteiger partial charge in [0.05, 0.1) is 54.8 Å². The standard InChI is InChI=1S/C80H113F2N13O17/c1-46(2)23-30-61-76(110)90-79(8,45-96)35-19-15-13-11-10-12-14-16-20-36-80(9,91-77(111)64(40-52-26-29-56(81)57(82)38-52)88-78(112)71(49(6)97)89-74(108)63(37-47(3)4)86-50(7)98)73(107)72(106)60(32-34-70(104)105)87-75(109)65(39-51-24-27-54(99)28-25-51)95-94-62(41-53-43-85-58-22-18-17-21-55(53)58)67(101)42-66(100)48(5)84-44-68(102)59(92-93-61)31-33-69(83)103/h11,13,17-18,21-22,24-29,38,43,45-49,59-65,71,84-85,92-95,97,99H,10,12,14-16,19-20,23,30-37,39-42,44H2,1-9H3,(H2,83,103)(H,86,98)(H,87,109)(H,88,112)(H,89,108)(H,90,110)(H,91,111)(H,104,105)/b13-11+/t48-,49+,59-,60-,61-,62-,63-,64-,65-,71-,79-,80+/m0/s1. The van der Waals surface area contributed by atoms with Gasteiger partial charge in [0.15, 0.2) is 29.0 Å². The first-order valence-electron chi connectivity index (χ1n) is 38.2. The second-order valence-electron chi connectivity index (χ2n) is 30.3. The lowest BCUT2D eigenvalue weighted by Gasteiger charge is -2.33. The summed E-state index contributed by atoms with van der Waals surface area (Å²) in [5, 5.41) is 50.3. The number of ketones is 5. The lowest BCUT2D eigenvalue weighted by Crippen LogP contribution is -2.64. The van der Waals surface area contributed by atoms with Gasteiger partial charge in [0.25, 0.3) is 0 Å². The largest absolute Gasteiger partial charge is 0.508 e. The first kappa shape index (κ1) is 92.7. The number of hydrazine groups is 2. The number of carboxylic acids is 1. The summed E-state index contributed by atoms with van der Waals surface area (Å²) in [4.78, 5) is 199. The quantitative estimate of drug-likeness (QED) is 0.0182. The number of nitrogens with one attached hydrogen (secondary N) is 12. The van der Waals surface area contributed by atoms with E-state index in [1.807, 2.05) is 26.0 Å². The van der Waals surface area contributed by atoms with Crippen molar-refractivity contribution in [2.75, 3.05) is 6.54 Å². The zero-order valence-corrected chi connectivity index (χ0v) is 65.3. The number of carbonyl (C=O) groups excluding carboxylic acids is 13. The Morgan fingerprint density at radius 1 is 0.661 bits per heavy atom. The number of aromatic hydroxyl groups is 1. The molecule has 3 aromatic carbocycles. The summed E-state index contributed by atoms with van der Waals surface area (Å²) in [5.74, 6) is -15.2. The third-order valence-corrected chi connectivity index (χ3v) is 19.5. The van der Waals surface area contributed by atoms with Crippen molar-refractivity contribution in [3.8, 4) is 5.75 Å². The molecule has 614 valence electrons. The number of carbonyl (C=O) groups is 14. The van der Waals surface area contributed by atoms with Gasteiger partial charge in [-0.2, -0.15) is 0 Å². The Hall–Kier alpha value is -9.86. The van der Waals surface area contributed by atoms with Crippen molar-refractivity contribution < 1.29 is 91.2 Å². The highest BCUT2D eigenvalue weighted by Crippen LogP contribution is 2.25. The minimum atomic E-state index is -2.30. The van der Waals surface area contributed by atoms with E-state index in [9.17, 15) is 72.0 Å². The van der Waals surface area contributed by atoms with Gasteiger partial charge in [-0.05, 0) is 170 Å². The van der Waals surface area contributed by atoms with E-state index in [1.54, 1.807) is 51.2 Å². The number of rotatable bonds is 26. The van der Waals surface area contributed by atoms with Gasteiger partial charge >= 0.3 is 5.97 Å². The minimum Gasteiger partial charge on any atom is -0.508 e. The molecule has 0 unspecified atom stereocenters. The first-order chi connectivity index (χ1) is 52.9. The van der Waals surface area contributed by atoms with Gasteiger partial charge in [-0.1, -0.05) is 95.5 Å². The van der Waals surface area contributed by atoms with Crippen molar-refractivity contribution in [2.45, 2.75) is 262 Å². The number of benzene rings is 3. The van der Waals surface area contributed by atoms with E-state index in [0.717, 1.165) is 25.1 Å². The Morgan fingerprint density at radius 3 is 1.95 bits per heavy atom. The number of aromatic amines is 1. The topological polar surface area (TPSA) is 474 Å². The van der Waals surface area contributed by atoms with Crippen molar-refractivity contribution in [3.63, 3.8) is 0 Å². The number of carboxylic acid groups (broad SMARTS) is 1. The number of aliphatic hydroxyl groups excluding tert-OH is 1. The van der Waals surface area contributed by atoms with Crippen molar-refractivity contribution in [3.05, 3.63) is 113 Å². The highest BCUT2D eigenvalue weighted by Gasteiger charge is 2.44. The smallest absolute Gasteiger partial charge is 0.303 e. The minimum absolute atomic E-state index is 0.0809. The molecule has 0 fully saturated rings. The Labute approximate surface area is 651 Å². The predicted octanol–water partition coefficient (Wildman–Crippen LogP) is 4.04. The molecule has 7 amide bonds. The monoisotopic (exact) mass is 1570 g/mol. The van der Waals surface area contributed by atoms with Crippen LogP contribution >= 0.6 is 0 Å². The van der Waals surface area contributed by atoms with Crippen LogP contribution in [0.15, 0.2) is 85.1 Å². The highest BCUT2D eigenvalue weighted by atomic mass is 19.2. The summed E-state index contributed by atoms with van der Waals surface area (Å²) < 4.78 is 29.4. The van der Waals surface area contributed by atoms with Crippen LogP contribution < -0.4 is 64.7 Å². The SMILES string of the molecule is CC(=O)N[C@@H](CC(C)C)C(=O)N[C@H](C(=O)N[C@@H](Cc1ccc(F)c(F)c1)C(=O)N[C@]1(C)CCCCCC/C=C/CCC[C@@](C)(C=O)NC(=O)[C@H](CCC(C)C)NN[C@@H](CCC(N)=O)C(=O)CN[C@@H](C)C(=O)CC(=O)[C@H](Cc2c[nH]c3ccccc23)NN[C@@H](Cc2ccc(O)cc2)C(=O)N[C@@H](CCC(=O)O)C(=O)C1=O)[C@@H](C)O. The average Bonchev–Trinajstić information content (AvgIpc) is 0.835. The summed E-state index contributed by atoms with van der Waals surface area (Å²) in [5.41, 5.74) is 15.1. The van der Waals surface area contributed by atoms with E-state index >= 15 is 19.2 Å². The molecule has 17 N–H and O–H groups in total. The van der Waals surface area contributed by atoms with Crippen LogP contribution in [-0.4, -0.2) is 181 Å². The fourth-order valence-electron chi connectivity index (χ4n) is 12.8. The number of allylic oxidation sites excluding steroid dienone is 2. The molecule has 0 spiro atoms. The van der Waals surface area contributed by atoms with Crippen molar-refractivity contribution >= 4 is 93.4 Å². The number of H-pyrrole nitrogens is 1. The number of amides is 7. The van der Waals surface area contributed by atoms with Gasteiger partial charge in [-0.3, -0.25) is 62.3 Å². The summed E-state index contributed by atoms with van der Waals surface area (Å²) in [6.45, 7) is 13.5. The molecule has 5 rings (SSSR count). The molecule has 4 aromatic rings. The molecule has 1 aromatic heterocycles. The van der Waals surface area contributed by atoms with Crippen LogP contribution in [0.2, 0.25) is 0 Å². The van der Waals surface area contributed by atoms with E-state index in [0.29, 0.717) is 73.3 Å². The van der Waals surface area contributed by atoms with E-state index in [2.05, 4.69) is 63.9 Å². The van der Waals surface area contributed by atoms with Gasteiger partial charge in [0, 0.05) is 43.3 Å². The zero-order chi connectivity index (χ0) is 83.0. The van der Waals surface area contributed by atoms with Crippen molar-refractivity contribution in [1.82, 2.24) is 63.9 Å². The number of hydrogen-bond acceptors (Lipinski definition) is 21. The van der Waals surface area contributed by atoms with Crippen LogP contribution in [0.25, 0.3) is 10.9 Å². The molecular formula is C80H113F2N13O17. The Kier molecular flexibility index (Phi) is 37.8. The molecule has 1 aliphatic heterocycles. The van der Waals surface area contributed by atoms with Gasteiger partial charge in [-0.25, -0.2) is 30.5 Å². The molecular weight excluding hydrogens is 1450 g/mol. The van der Waals surface area contributed by atoms with Crippen LogP contribution in [-0.2, 0) is 86.4 Å². The molecule has 0 bridgehead atoms. The second kappa shape index (κ2) is 45.6. The summed E-state index contributed by atoms with van der Waals surface area (Å²) in [6, 6.07) is 2.19. The van der Waals surface area contributed by atoms with Gasteiger partial charge < -0.3 is 68.0 Å². The second-order valence-corrected chi connectivity index (χ2v) is 30.3. The van der Waals surface area contributed by atoms with E-state index in [-0.39, 0.29) is 80.9 Å². The maximum absolute atomic E-state index is 15.4. The number of nitrogens with two attached hydrogens (primary N) is 1. The van der Waals surface area contributed by atoms with Crippen LogP contribution in [0.3, 0.4) is 0 Å². The number of phenolic OH excluding ortho intramolecular Hbond substituents is 1. The summed E-state index contributed by atoms with van der Waals surface area (Å²) in [7, 11) is 0. The van der Waals surface area contributed by atoms with E-state index < -0.39 is 192 Å². The first-order valence-corrected chi connectivity index (χ1v) is 38.2. The fourth-order valence-corrected chi connectivity index (χ4v) is 12.8. The van der Waals surface area contributed by atoms with Crippen molar-refractivity contribution in [2.24, 2.45) is 17.6 Å². The number of aliphatic carboxylic acids is 1. The van der Waals surface area contributed by atoms with Gasteiger partial charge in [0.2, 0.25) is 52.9 Å². The van der Waals surface area contributed by atoms with Gasteiger partial charge in [-0.15, -0.1) is 0 Å². The highest BCUT2D eigenvalue weighted by molar-refractivity contribution is 6.43. The molecule has 30 nitrogen and oxygen atoms in total. The number of phenols is 1. The summed E-state index contributed by atoms with van der Waals surface area (Å²) >= 11 is 0. The molecule has 2 heterocycles. The molecule has 0 saturated heterocycles. The third-order valence-electron chi connectivity index (χ3n) is 19.5. The molecule has 32 heteroatoms. The normalized spacial score (nSPS) is 23.4. The van der Waals surface area contributed by atoms with Crippen molar-refractivity contribution in [1.29, 1.82) is 0 Å². The molecule has 1 aliphatic rings. The number of aliphatic hydroxyl groups is 1. The number of fused-ring (bicyclic) bond motifs is 1. The Morgan fingerprint density at radius 2 is 1.30 bits per heavy atom. The molecule has 112 heavy (non-hydrogen) atoms. The number of Topliss-reactive ketones (excluding diaryl/α,β-unsaturated/α-hetero) is 5. The molecule has 0 aliphatic carbocycles. The number of aromatic nitrogens is 1. The maximum atomic E-state index is 15.4. The number of primary amides is 1. The molecule has 0 saturated carbocycles. The number of hydrogen-bond donors (Lipinski definition) is 16. The van der Waals surface area contributed by atoms with E-state index in [1.165, 1.54) is 45.0 Å². The van der Waals surface area contributed by atoms with Gasteiger partial charge in [0.1, 0.15) is 41.7 Å². The average molecular weight is 1570 g/mol. The summed E-state index contributed by atoms with van der Waals surface area (Å²) in [6.07, 6.45) is 4.54. The number of aldehydes is 1. The number of halogens is 2. The zero-order valence-electron chi connectivity index (χ0n) is 65.3. The lowest BCUT2D eigenvalue weighted by atomic mass is 9.84. The molecule has 12 atom stereocenters. The predicted molar refractivity (Wildman–Crippen MR) is 412 cm³/mol. The van der Waals surface area contributed by atoms with Crippen LogP contribution in [0.1, 0.15) is 188 Å². The maximum Gasteiger partial charge on any atom is 0.303 e. The fraction of sp³-hybridized carbons (Fsp3) is 0.550. The van der Waals surface area contributed by atoms with E-state index in [4.69, 9.17) is 5.73 Å². The third kappa shape index (κ3) is 31.0. The Balaban J connectivity index is 1.60. The molecule has 0 radical (unpaired) electrons. The van der Waals surface area contributed by atoms with Crippen LogP contribution in [0.4, 0.5) is 8.78 Å².